The molecule has 4 heteroatoms. The fraction of sp³-hybridized carbons (Fsp3) is 0.588. The van der Waals surface area contributed by atoms with Crippen molar-refractivity contribution in [2.24, 2.45) is 5.92 Å². The summed E-state index contributed by atoms with van der Waals surface area (Å²) in [6.45, 7) is 2.56. The molecule has 0 saturated heterocycles. The zero-order chi connectivity index (χ0) is 15.2. The number of hydrogen-bond acceptors (Lipinski definition) is 3. The molecule has 0 heterocycles. The summed E-state index contributed by atoms with van der Waals surface area (Å²) in [5, 5.41) is 12.3. The first kappa shape index (κ1) is 15.8. The van der Waals surface area contributed by atoms with E-state index in [9.17, 15) is 4.79 Å². The van der Waals surface area contributed by atoms with Gasteiger partial charge in [-0.25, -0.2) is 0 Å². The highest BCUT2D eigenvalue weighted by atomic mass is 16.3. The molecule has 0 bridgehead atoms. The van der Waals surface area contributed by atoms with E-state index < -0.39 is 0 Å². The van der Waals surface area contributed by atoms with Crippen molar-refractivity contribution in [3.8, 4) is 0 Å². The van der Waals surface area contributed by atoms with E-state index >= 15 is 0 Å². The topological polar surface area (TPSA) is 52.6 Å². The van der Waals surface area contributed by atoms with Gasteiger partial charge in [0, 0.05) is 18.8 Å². The Hall–Kier alpha value is -1.55. The second-order valence-corrected chi connectivity index (χ2v) is 6.05. The zero-order valence-corrected chi connectivity index (χ0v) is 13.0. The number of nitrogens with one attached hydrogen (secondary N) is 1. The van der Waals surface area contributed by atoms with Crippen molar-refractivity contribution in [2.75, 3.05) is 18.9 Å². The number of carbonyl (C=O) groups excluding carboxylic acids is 1. The summed E-state index contributed by atoms with van der Waals surface area (Å²) in [7, 11) is 1.92. The van der Waals surface area contributed by atoms with E-state index in [0.717, 1.165) is 17.7 Å². The van der Waals surface area contributed by atoms with Crippen LogP contribution in [0, 0.1) is 5.92 Å². The summed E-state index contributed by atoms with van der Waals surface area (Å²) in [6.07, 6.45) is 4.84. The number of anilines is 1. The monoisotopic (exact) mass is 290 g/mol. The van der Waals surface area contributed by atoms with Crippen LogP contribution in [0.3, 0.4) is 0 Å². The number of hydrogen-bond donors (Lipinski definition) is 2. The van der Waals surface area contributed by atoms with Gasteiger partial charge in [0.15, 0.2) is 0 Å². The molecule has 21 heavy (non-hydrogen) atoms. The maximum Gasteiger partial charge on any atom is 0.241 e. The van der Waals surface area contributed by atoms with Crippen molar-refractivity contribution in [2.45, 2.75) is 45.3 Å². The third-order valence-corrected chi connectivity index (χ3v) is 4.51. The fourth-order valence-corrected chi connectivity index (χ4v) is 3.14. The molecule has 0 radical (unpaired) electrons. The number of rotatable bonds is 5. The van der Waals surface area contributed by atoms with Crippen LogP contribution in [-0.2, 0) is 11.4 Å². The highest BCUT2D eigenvalue weighted by Gasteiger charge is 2.27. The number of benzene rings is 1. The predicted octanol–water partition coefficient (Wildman–Crippen LogP) is 2.63. The Morgan fingerprint density at radius 1 is 1.38 bits per heavy atom. The first-order chi connectivity index (χ1) is 10.1. The van der Waals surface area contributed by atoms with Crippen molar-refractivity contribution in [1.29, 1.82) is 0 Å². The van der Waals surface area contributed by atoms with Crippen LogP contribution in [0.15, 0.2) is 24.3 Å². The average Bonchev–Trinajstić information content (AvgIpc) is 2.52. The van der Waals surface area contributed by atoms with Crippen molar-refractivity contribution >= 4 is 11.6 Å². The van der Waals surface area contributed by atoms with Gasteiger partial charge in [-0.15, -0.1) is 0 Å². The van der Waals surface area contributed by atoms with Crippen LogP contribution in [0.5, 0.6) is 0 Å². The molecule has 0 aromatic heterocycles. The lowest BCUT2D eigenvalue weighted by Gasteiger charge is -2.36. The first-order valence-corrected chi connectivity index (χ1v) is 7.81. The van der Waals surface area contributed by atoms with Gasteiger partial charge in [0.2, 0.25) is 5.91 Å². The Balaban J connectivity index is 1.88. The molecular weight excluding hydrogens is 264 g/mol. The van der Waals surface area contributed by atoms with Gasteiger partial charge in [0.05, 0.1) is 13.2 Å². The third-order valence-electron chi connectivity index (χ3n) is 4.51. The van der Waals surface area contributed by atoms with Gasteiger partial charge in [0.1, 0.15) is 0 Å². The summed E-state index contributed by atoms with van der Waals surface area (Å²) in [5.74, 6) is 0.716. The second-order valence-electron chi connectivity index (χ2n) is 6.05. The van der Waals surface area contributed by atoms with Gasteiger partial charge in [-0.05, 0) is 36.5 Å². The summed E-state index contributed by atoms with van der Waals surface area (Å²) in [4.78, 5) is 14.2. The van der Waals surface area contributed by atoms with E-state index in [4.69, 9.17) is 5.11 Å². The van der Waals surface area contributed by atoms with E-state index in [1.807, 2.05) is 36.2 Å². The van der Waals surface area contributed by atoms with Crippen LogP contribution in [0.25, 0.3) is 0 Å². The molecule has 4 nitrogen and oxygen atoms in total. The minimum atomic E-state index is 0.0168. The number of likely N-dealkylation sites (N-methyl/N-ethyl adjacent to an activating group) is 1. The second kappa shape index (κ2) is 7.46. The molecule has 2 rings (SSSR count). The Bertz CT molecular complexity index is 476. The van der Waals surface area contributed by atoms with E-state index in [1.165, 1.54) is 19.3 Å². The minimum absolute atomic E-state index is 0.0168. The summed E-state index contributed by atoms with van der Waals surface area (Å²) >= 11 is 0. The first-order valence-electron chi connectivity index (χ1n) is 7.81. The van der Waals surface area contributed by atoms with Crippen molar-refractivity contribution in [1.82, 2.24) is 4.90 Å². The van der Waals surface area contributed by atoms with Gasteiger partial charge in [-0.3, -0.25) is 4.79 Å². The predicted molar refractivity (Wildman–Crippen MR) is 85.0 cm³/mol. The molecule has 0 spiro atoms. The quantitative estimate of drug-likeness (QED) is 0.876. The average molecular weight is 290 g/mol. The summed E-state index contributed by atoms with van der Waals surface area (Å²) in [5.41, 5.74) is 1.72. The Morgan fingerprint density at radius 3 is 2.86 bits per heavy atom. The molecule has 1 saturated carbocycles. The molecule has 0 aliphatic heterocycles. The number of amides is 1. The van der Waals surface area contributed by atoms with Crippen molar-refractivity contribution in [3.63, 3.8) is 0 Å². The van der Waals surface area contributed by atoms with Crippen molar-refractivity contribution < 1.29 is 9.90 Å². The van der Waals surface area contributed by atoms with E-state index in [-0.39, 0.29) is 12.5 Å². The summed E-state index contributed by atoms with van der Waals surface area (Å²) < 4.78 is 0. The smallest absolute Gasteiger partial charge is 0.241 e. The number of nitrogens with zero attached hydrogens (tertiary/aromatic N) is 1. The lowest BCUT2D eigenvalue weighted by atomic mass is 9.85. The molecule has 2 N–H and O–H groups in total. The maximum atomic E-state index is 12.3. The normalized spacial score (nSPS) is 21.9. The largest absolute Gasteiger partial charge is 0.392 e. The van der Waals surface area contributed by atoms with Gasteiger partial charge in [0.25, 0.3) is 0 Å². The lowest BCUT2D eigenvalue weighted by Crippen LogP contribution is -2.44. The molecule has 1 aliphatic carbocycles. The van der Waals surface area contributed by atoms with Crippen LogP contribution < -0.4 is 5.32 Å². The minimum Gasteiger partial charge on any atom is -0.392 e. The van der Waals surface area contributed by atoms with Gasteiger partial charge in [-0.1, -0.05) is 31.9 Å². The Labute approximate surface area is 127 Å². The van der Waals surface area contributed by atoms with Gasteiger partial charge in [-0.2, -0.15) is 0 Å². The standard InChI is InChI=1S/C17H26N2O2/c1-13-6-3-4-9-16(13)19(2)17(21)11-18-15-8-5-7-14(10-15)12-20/h5,7-8,10,13,16,18,20H,3-4,6,9,11-12H2,1-2H3/t13-,16+/m1/s1. The zero-order valence-electron chi connectivity index (χ0n) is 13.0. The van der Waals surface area contributed by atoms with E-state index in [0.29, 0.717) is 18.5 Å². The fourth-order valence-electron chi connectivity index (χ4n) is 3.14. The van der Waals surface area contributed by atoms with Crippen LogP contribution >= 0.6 is 0 Å². The molecular formula is C17H26N2O2. The Kier molecular flexibility index (Phi) is 5.62. The van der Waals surface area contributed by atoms with Crippen LogP contribution in [0.4, 0.5) is 5.69 Å². The highest BCUT2D eigenvalue weighted by Crippen LogP contribution is 2.27. The molecule has 1 aliphatic rings. The SMILES string of the molecule is C[C@@H]1CCCC[C@@H]1N(C)C(=O)CNc1cccc(CO)c1. The molecule has 1 aromatic rings. The Morgan fingerprint density at radius 2 is 2.14 bits per heavy atom. The molecule has 1 amide bonds. The molecule has 0 unspecified atom stereocenters. The number of carbonyl (C=O) groups is 1. The lowest BCUT2D eigenvalue weighted by molar-refractivity contribution is -0.131. The van der Waals surface area contributed by atoms with Gasteiger partial charge < -0.3 is 15.3 Å². The molecule has 116 valence electrons. The van der Waals surface area contributed by atoms with E-state index in [1.54, 1.807) is 0 Å². The third kappa shape index (κ3) is 4.21. The van der Waals surface area contributed by atoms with Crippen LogP contribution in [0.1, 0.15) is 38.2 Å². The number of aliphatic hydroxyl groups is 1. The van der Waals surface area contributed by atoms with E-state index in [2.05, 4.69) is 12.2 Å². The van der Waals surface area contributed by atoms with Gasteiger partial charge >= 0.3 is 0 Å². The van der Waals surface area contributed by atoms with Crippen LogP contribution in [0.2, 0.25) is 0 Å². The summed E-state index contributed by atoms with van der Waals surface area (Å²) in [6, 6.07) is 7.90. The maximum absolute atomic E-state index is 12.3. The van der Waals surface area contributed by atoms with Crippen LogP contribution in [-0.4, -0.2) is 35.5 Å². The van der Waals surface area contributed by atoms with Crippen molar-refractivity contribution in [3.05, 3.63) is 29.8 Å². The number of aliphatic hydroxyl groups excluding tert-OH is 1. The molecule has 2 atom stereocenters. The molecule has 1 fully saturated rings. The molecule has 1 aromatic carbocycles. The highest BCUT2D eigenvalue weighted by molar-refractivity contribution is 5.81.